The molecule has 6 nitrogen and oxygen atoms in total. The average molecular weight is 275 g/mol. The summed E-state index contributed by atoms with van der Waals surface area (Å²) in [5, 5.41) is 15.6. The Balaban J connectivity index is 1.87. The van der Waals surface area contributed by atoms with Crippen LogP contribution in [0.25, 0.3) is 0 Å². The molecule has 0 aliphatic carbocycles. The van der Waals surface area contributed by atoms with E-state index in [-0.39, 0.29) is 18.1 Å². The lowest BCUT2D eigenvalue weighted by Gasteiger charge is -2.37. The molecule has 6 heteroatoms. The molecule has 3 rings (SSSR count). The Morgan fingerprint density at radius 3 is 2.80 bits per heavy atom. The molecule has 1 aromatic rings. The van der Waals surface area contributed by atoms with E-state index >= 15 is 0 Å². The van der Waals surface area contributed by atoms with Crippen LogP contribution in [0.4, 0.5) is 0 Å². The first kappa shape index (κ1) is 12.9. The largest absolute Gasteiger partial charge is 0.497 e. The summed E-state index contributed by atoms with van der Waals surface area (Å²) < 4.78 is 5.15. The number of carboxylic acids is 1. The minimum absolute atomic E-state index is 0.0268. The minimum atomic E-state index is -0.823. The van der Waals surface area contributed by atoms with Crippen molar-refractivity contribution in [2.24, 2.45) is 4.99 Å². The average Bonchev–Trinajstić information content (AvgIpc) is 2.94. The first-order valence-corrected chi connectivity index (χ1v) is 6.59. The van der Waals surface area contributed by atoms with Gasteiger partial charge in [0, 0.05) is 0 Å². The maximum absolute atomic E-state index is 11.3. The van der Waals surface area contributed by atoms with Crippen molar-refractivity contribution in [3.05, 3.63) is 29.8 Å². The van der Waals surface area contributed by atoms with Crippen LogP contribution in [0.1, 0.15) is 18.0 Å². The van der Waals surface area contributed by atoms with E-state index in [1.165, 1.54) is 0 Å². The summed E-state index contributed by atoms with van der Waals surface area (Å²) in [4.78, 5) is 15.7. The zero-order valence-corrected chi connectivity index (χ0v) is 11.1. The summed E-state index contributed by atoms with van der Waals surface area (Å²) in [7, 11) is 1.62. The van der Waals surface area contributed by atoms with Crippen LogP contribution in [0, 0.1) is 0 Å². The van der Waals surface area contributed by atoms with E-state index in [1.807, 2.05) is 24.3 Å². The molecule has 20 heavy (non-hydrogen) atoms. The van der Waals surface area contributed by atoms with E-state index in [0.29, 0.717) is 6.42 Å². The second-order valence-electron chi connectivity index (χ2n) is 5.09. The van der Waals surface area contributed by atoms with Crippen LogP contribution in [0.3, 0.4) is 0 Å². The zero-order chi connectivity index (χ0) is 14.1. The minimum Gasteiger partial charge on any atom is -0.497 e. The molecular formula is C14H17N3O3. The van der Waals surface area contributed by atoms with E-state index in [2.05, 4.69) is 15.6 Å². The maximum Gasteiger partial charge on any atom is 0.320 e. The van der Waals surface area contributed by atoms with Crippen LogP contribution in [0.5, 0.6) is 5.75 Å². The highest BCUT2D eigenvalue weighted by molar-refractivity contribution is 5.74. The Bertz CT molecular complexity index is 529. The number of methoxy groups -OCH3 is 1. The number of carbonyl (C=O) groups is 1. The number of hydrogen-bond donors (Lipinski definition) is 3. The number of nitrogens with zero attached hydrogens (tertiary/aromatic N) is 1. The standard InChI is InChI=1S/C14H17N3O3/c1-20-9-4-2-8(3-5-9)12-13-10(15-7-16-13)6-11(17-12)14(18)19/h2-5,7,10-13,17H,6H2,1H3,(H,15,16)(H,18,19)/t10-,11-,12-,13-/m1/s1. The molecule has 0 spiro atoms. The van der Waals surface area contributed by atoms with E-state index in [1.54, 1.807) is 13.4 Å². The van der Waals surface area contributed by atoms with E-state index < -0.39 is 12.0 Å². The predicted molar refractivity (Wildman–Crippen MR) is 74.1 cm³/mol. The summed E-state index contributed by atoms with van der Waals surface area (Å²) in [6, 6.07) is 7.09. The fraction of sp³-hybridized carbons (Fsp3) is 0.429. The van der Waals surface area contributed by atoms with E-state index in [0.717, 1.165) is 11.3 Å². The number of piperidine rings is 1. The first-order chi connectivity index (χ1) is 9.69. The Morgan fingerprint density at radius 1 is 1.40 bits per heavy atom. The van der Waals surface area contributed by atoms with Gasteiger partial charge in [-0.15, -0.1) is 0 Å². The summed E-state index contributed by atoms with van der Waals surface area (Å²) in [5.74, 6) is -0.0420. The molecule has 2 aliphatic heterocycles. The molecule has 0 radical (unpaired) electrons. The van der Waals surface area contributed by atoms with Crippen molar-refractivity contribution < 1.29 is 14.6 Å². The predicted octanol–water partition coefficient (Wildman–Crippen LogP) is 0.552. The second-order valence-corrected chi connectivity index (χ2v) is 5.09. The van der Waals surface area contributed by atoms with Crippen LogP contribution >= 0.6 is 0 Å². The molecule has 0 unspecified atom stereocenters. The number of nitrogens with one attached hydrogen (secondary N) is 2. The molecule has 0 aromatic heterocycles. The molecular weight excluding hydrogens is 258 g/mol. The van der Waals surface area contributed by atoms with Crippen LogP contribution < -0.4 is 15.4 Å². The number of aliphatic carboxylic acids is 1. The maximum atomic E-state index is 11.3. The highest BCUT2D eigenvalue weighted by Crippen LogP contribution is 2.31. The van der Waals surface area contributed by atoms with Gasteiger partial charge in [-0.2, -0.15) is 0 Å². The number of aliphatic imine (C=N–C) groups is 1. The summed E-state index contributed by atoms with van der Waals surface area (Å²) in [6.45, 7) is 0. The third kappa shape index (κ3) is 2.22. The van der Waals surface area contributed by atoms with Crippen LogP contribution in [-0.4, -0.2) is 42.6 Å². The van der Waals surface area contributed by atoms with Crippen molar-refractivity contribution in [3.63, 3.8) is 0 Å². The molecule has 1 aromatic carbocycles. The molecule has 0 saturated carbocycles. The molecule has 0 bridgehead atoms. The molecule has 4 atom stereocenters. The number of rotatable bonds is 3. The smallest absolute Gasteiger partial charge is 0.320 e. The van der Waals surface area contributed by atoms with Crippen LogP contribution in [-0.2, 0) is 4.79 Å². The molecule has 1 fully saturated rings. The van der Waals surface area contributed by atoms with Crippen molar-refractivity contribution in [3.8, 4) is 5.75 Å². The molecule has 3 N–H and O–H groups in total. The van der Waals surface area contributed by atoms with Crippen molar-refractivity contribution in [1.82, 2.24) is 10.6 Å². The molecule has 2 heterocycles. The summed E-state index contributed by atoms with van der Waals surface area (Å²) >= 11 is 0. The normalized spacial score (nSPS) is 31.4. The Kier molecular flexibility index (Phi) is 3.31. The number of benzene rings is 1. The van der Waals surface area contributed by atoms with E-state index in [4.69, 9.17) is 4.74 Å². The van der Waals surface area contributed by atoms with Crippen LogP contribution in [0.2, 0.25) is 0 Å². The van der Waals surface area contributed by atoms with Crippen molar-refractivity contribution in [1.29, 1.82) is 0 Å². The Labute approximate surface area is 116 Å². The highest BCUT2D eigenvalue weighted by Gasteiger charge is 2.42. The summed E-state index contributed by atoms with van der Waals surface area (Å²) in [6.07, 6.45) is 2.21. The second kappa shape index (κ2) is 5.13. The van der Waals surface area contributed by atoms with Gasteiger partial charge in [-0.3, -0.25) is 15.1 Å². The van der Waals surface area contributed by atoms with Gasteiger partial charge in [-0.25, -0.2) is 0 Å². The number of fused-ring (bicyclic) bond motifs is 1. The molecule has 1 saturated heterocycles. The lowest BCUT2D eigenvalue weighted by atomic mass is 9.86. The topological polar surface area (TPSA) is 83.0 Å². The lowest BCUT2D eigenvalue weighted by Crippen LogP contribution is -2.55. The van der Waals surface area contributed by atoms with Gasteiger partial charge < -0.3 is 15.2 Å². The lowest BCUT2D eigenvalue weighted by molar-refractivity contribution is -0.140. The third-order valence-corrected chi connectivity index (χ3v) is 3.93. The van der Waals surface area contributed by atoms with Gasteiger partial charge in [-0.1, -0.05) is 12.1 Å². The number of carboxylic acid groups (broad SMARTS) is 1. The van der Waals surface area contributed by atoms with Gasteiger partial charge in [0.15, 0.2) is 0 Å². The monoisotopic (exact) mass is 275 g/mol. The van der Waals surface area contributed by atoms with Gasteiger partial charge in [0.25, 0.3) is 0 Å². The SMILES string of the molecule is COc1ccc([C@H]2N[C@@H](C(=O)O)C[C@H]3NC=N[C@@H]23)cc1. The molecule has 0 amide bonds. The highest BCUT2D eigenvalue weighted by atomic mass is 16.5. The first-order valence-electron chi connectivity index (χ1n) is 6.59. The fourth-order valence-electron chi connectivity index (χ4n) is 2.87. The van der Waals surface area contributed by atoms with Crippen molar-refractivity contribution in [2.75, 3.05) is 7.11 Å². The van der Waals surface area contributed by atoms with Gasteiger partial charge >= 0.3 is 5.97 Å². The molecule has 106 valence electrons. The quantitative estimate of drug-likeness (QED) is 0.750. The van der Waals surface area contributed by atoms with E-state index in [9.17, 15) is 9.90 Å². The van der Waals surface area contributed by atoms with Gasteiger partial charge in [0.1, 0.15) is 11.8 Å². The summed E-state index contributed by atoms with van der Waals surface area (Å²) in [5.41, 5.74) is 1.02. The molecule has 2 aliphatic rings. The van der Waals surface area contributed by atoms with Gasteiger partial charge in [-0.05, 0) is 24.1 Å². The van der Waals surface area contributed by atoms with Crippen LogP contribution in [0.15, 0.2) is 29.3 Å². The Morgan fingerprint density at radius 2 is 2.15 bits per heavy atom. The number of ether oxygens (including phenoxy) is 1. The van der Waals surface area contributed by atoms with Crippen molar-refractivity contribution >= 4 is 12.3 Å². The van der Waals surface area contributed by atoms with Gasteiger partial charge in [0.2, 0.25) is 0 Å². The van der Waals surface area contributed by atoms with Crippen molar-refractivity contribution in [2.45, 2.75) is 30.6 Å². The Hall–Kier alpha value is -2.08. The fourth-order valence-corrected chi connectivity index (χ4v) is 2.87. The van der Waals surface area contributed by atoms with Gasteiger partial charge in [0.05, 0.1) is 31.6 Å². The zero-order valence-electron chi connectivity index (χ0n) is 11.1. The third-order valence-electron chi connectivity index (χ3n) is 3.93. The number of hydrogen-bond acceptors (Lipinski definition) is 5.